The van der Waals surface area contributed by atoms with Crippen LogP contribution in [-0.2, 0) is 4.79 Å². The molecule has 3 N–H and O–H groups in total. The SMILES string of the molecule is CCCNC(=O)CCNc1cccc(C(=O)O)c1[N+](=O)[O-]. The highest BCUT2D eigenvalue weighted by Crippen LogP contribution is 2.28. The summed E-state index contributed by atoms with van der Waals surface area (Å²) < 4.78 is 0. The summed E-state index contributed by atoms with van der Waals surface area (Å²) in [4.78, 5) is 32.7. The molecule has 0 fully saturated rings. The van der Waals surface area contributed by atoms with Gasteiger partial charge in [0.05, 0.1) is 4.92 Å². The molecule has 114 valence electrons. The van der Waals surface area contributed by atoms with Crippen LogP contribution in [0.2, 0.25) is 0 Å². The highest BCUT2D eigenvalue weighted by Gasteiger charge is 2.23. The lowest BCUT2D eigenvalue weighted by molar-refractivity contribution is -0.384. The summed E-state index contributed by atoms with van der Waals surface area (Å²) in [6.07, 6.45) is 0.972. The van der Waals surface area contributed by atoms with Crippen LogP contribution in [0.25, 0.3) is 0 Å². The van der Waals surface area contributed by atoms with Gasteiger partial charge in [-0.1, -0.05) is 13.0 Å². The van der Waals surface area contributed by atoms with Gasteiger partial charge in [0.2, 0.25) is 5.91 Å². The first-order chi connectivity index (χ1) is 9.97. The Bertz CT molecular complexity index is 545. The molecule has 1 rings (SSSR count). The number of anilines is 1. The zero-order valence-corrected chi connectivity index (χ0v) is 11.6. The number of hydrogen-bond donors (Lipinski definition) is 3. The number of carbonyl (C=O) groups excluding carboxylic acids is 1. The van der Waals surface area contributed by atoms with E-state index in [4.69, 9.17) is 5.11 Å². The van der Waals surface area contributed by atoms with Gasteiger partial charge in [-0.3, -0.25) is 14.9 Å². The first-order valence-corrected chi connectivity index (χ1v) is 6.48. The molecule has 0 saturated heterocycles. The first-order valence-electron chi connectivity index (χ1n) is 6.48. The van der Waals surface area contributed by atoms with Crippen molar-refractivity contribution >= 4 is 23.3 Å². The van der Waals surface area contributed by atoms with Gasteiger partial charge in [0.25, 0.3) is 0 Å². The number of nitro groups is 1. The Hall–Kier alpha value is -2.64. The van der Waals surface area contributed by atoms with E-state index in [9.17, 15) is 19.7 Å². The van der Waals surface area contributed by atoms with Crippen molar-refractivity contribution in [3.05, 3.63) is 33.9 Å². The quantitative estimate of drug-likeness (QED) is 0.495. The second kappa shape index (κ2) is 7.83. The van der Waals surface area contributed by atoms with E-state index in [1.54, 1.807) is 0 Å². The zero-order valence-electron chi connectivity index (χ0n) is 11.6. The molecule has 0 atom stereocenters. The molecule has 1 aromatic rings. The van der Waals surface area contributed by atoms with Gasteiger partial charge in [-0.05, 0) is 18.6 Å². The van der Waals surface area contributed by atoms with Gasteiger partial charge >= 0.3 is 11.7 Å². The van der Waals surface area contributed by atoms with E-state index in [-0.39, 0.29) is 30.1 Å². The van der Waals surface area contributed by atoms with E-state index in [1.165, 1.54) is 18.2 Å². The molecule has 0 aromatic heterocycles. The molecule has 0 heterocycles. The number of benzene rings is 1. The van der Waals surface area contributed by atoms with Crippen molar-refractivity contribution in [3.8, 4) is 0 Å². The number of carbonyl (C=O) groups is 2. The summed E-state index contributed by atoms with van der Waals surface area (Å²) in [5.74, 6) is -1.53. The maximum Gasteiger partial charge on any atom is 0.342 e. The summed E-state index contributed by atoms with van der Waals surface area (Å²) in [5.41, 5.74) is -0.803. The average molecular weight is 295 g/mol. The predicted molar refractivity (Wildman–Crippen MR) is 76.5 cm³/mol. The minimum atomic E-state index is -1.37. The first kappa shape index (κ1) is 16.4. The maximum atomic E-state index is 11.4. The summed E-state index contributed by atoms with van der Waals surface area (Å²) >= 11 is 0. The molecule has 0 aliphatic heterocycles. The molecule has 1 amide bonds. The van der Waals surface area contributed by atoms with Crippen LogP contribution in [0.3, 0.4) is 0 Å². The third-order valence-corrected chi connectivity index (χ3v) is 2.69. The van der Waals surface area contributed by atoms with E-state index in [1.807, 2.05) is 6.92 Å². The molecule has 0 unspecified atom stereocenters. The number of nitrogens with one attached hydrogen (secondary N) is 2. The minimum absolute atomic E-state index is 0.0863. The zero-order chi connectivity index (χ0) is 15.8. The van der Waals surface area contributed by atoms with Crippen molar-refractivity contribution in [1.82, 2.24) is 5.32 Å². The van der Waals surface area contributed by atoms with Crippen molar-refractivity contribution in [2.45, 2.75) is 19.8 Å². The van der Waals surface area contributed by atoms with Crippen LogP contribution >= 0.6 is 0 Å². The fourth-order valence-electron chi connectivity index (χ4n) is 1.72. The van der Waals surface area contributed by atoms with Gasteiger partial charge in [0.1, 0.15) is 11.3 Å². The molecule has 0 bridgehead atoms. The van der Waals surface area contributed by atoms with Crippen molar-refractivity contribution in [1.29, 1.82) is 0 Å². The molecule has 0 saturated carbocycles. The van der Waals surface area contributed by atoms with Crippen LogP contribution in [0.15, 0.2) is 18.2 Å². The number of carboxylic acids is 1. The van der Waals surface area contributed by atoms with Crippen LogP contribution < -0.4 is 10.6 Å². The average Bonchev–Trinajstić information content (AvgIpc) is 2.44. The number of nitrogens with zero attached hydrogens (tertiary/aromatic N) is 1. The predicted octanol–water partition coefficient (Wildman–Crippen LogP) is 1.62. The lowest BCUT2D eigenvalue weighted by Crippen LogP contribution is -2.26. The monoisotopic (exact) mass is 295 g/mol. The molecule has 1 aromatic carbocycles. The third kappa shape index (κ3) is 4.75. The molecule has 8 heteroatoms. The van der Waals surface area contributed by atoms with E-state index in [2.05, 4.69) is 10.6 Å². The standard InChI is InChI=1S/C13H17N3O5/c1-2-7-15-11(17)6-8-14-10-5-3-4-9(13(18)19)12(10)16(20)21/h3-5,14H,2,6-8H2,1H3,(H,15,17)(H,18,19). The molecule has 0 spiro atoms. The number of amides is 1. The Morgan fingerprint density at radius 1 is 1.33 bits per heavy atom. The normalized spacial score (nSPS) is 9.95. The van der Waals surface area contributed by atoms with Crippen molar-refractivity contribution in [2.75, 3.05) is 18.4 Å². The number of hydrogen-bond acceptors (Lipinski definition) is 5. The largest absolute Gasteiger partial charge is 0.477 e. The summed E-state index contributed by atoms with van der Waals surface area (Å²) in [5, 5.41) is 25.4. The van der Waals surface area contributed by atoms with Crippen LogP contribution in [0.5, 0.6) is 0 Å². The number of rotatable bonds is 8. The molecular formula is C13H17N3O5. The van der Waals surface area contributed by atoms with Gasteiger partial charge in [-0.25, -0.2) is 4.79 Å². The summed E-state index contributed by atoms with van der Waals surface area (Å²) in [6, 6.07) is 3.99. The molecule has 8 nitrogen and oxygen atoms in total. The second-order valence-corrected chi connectivity index (χ2v) is 4.29. The van der Waals surface area contributed by atoms with Crippen LogP contribution in [0.1, 0.15) is 30.1 Å². The Kier molecular flexibility index (Phi) is 6.12. The number of carboxylic acid groups (broad SMARTS) is 1. The van der Waals surface area contributed by atoms with Crippen molar-refractivity contribution in [3.63, 3.8) is 0 Å². The van der Waals surface area contributed by atoms with E-state index in [0.717, 1.165) is 6.42 Å². The fourth-order valence-corrected chi connectivity index (χ4v) is 1.72. The molecule has 21 heavy (non-hydrogen) atoms. The van der Waals surface area contributed by atoms with E-state index >= 15 is 0 Å². The van der Waals surface area contributed by atoms with Gasteiger partial charge in [-0.2, -0.15) is 0 Å². The fraction of sp³-hybridized carbons (Fsp3) is 0.385. The van der Waals surface area contributed by atoms with E-state index in [0.29, 0.717) is 6.54 Å². The highest BCUT2D eigenvalue weighted by molar-refractivity contribution is 5.95. The highest BCUT2D eigenvalue weighted by atomic mass is 16.6. The molecule has 0 aliphatic carbocycles. The molecule has 0 aliphatic rings. The number of aromatic carboxylic acids is 1. The van der Waals surface area contributed by atoms with Gasteiger partial charge in [0.15, 0.2) is 0 Å². The maximum absolute atomic E-state index is 11.4. The van der Waals surface area contributed by atoms with Gasteiger partial charge in [-0.15, -0.1) is 0 Å². The smallest absolute Gasteiger partial charge is 0.342 e. The minimum Gasteiger partial charge on any atom is -0.477 e. The Balaban J connectivity index is 2.75. The van der Waals surface area contributed by atoms with Crippen molar-refractivity contribution < 1.29 is 19.6 Å². The van der Waals surface area contributed by atoms with E-state index < -0.39 is 16.6 Å². The molecular weight excluding hydrogens is 278 g/mol. The van der Waals surface area contributed by atoms with Crippen LogP contribution in [-0.4, -0.2) is 35.0 Å². The Morgan fingerprint density at radius 2 is 2.05 bits per heavy atom. The summed E-state index contributed by atoms with van der Waals surface area (Å²) in [6.45, 7) is 2.69. The number of nitro benzene ring substituents is 1. The third-order valence-electron chi connectivity index (χ3n) is 2.69. The van der Waals surface area contributed by atoms with Crippen LogP contribution in [0, 0.1) is 10.1 Å². The van der Waals surface area contributed by atoms with Gasteiger partial charge in [0, 0.05) is 19.5 Å². The van der Waals surface area contributed by atoms with Crippen molar-refractivity contribution in [2.24, 2.45) is 0 Å². The lowest BCUT2D eigenvalue weighted by atomic mass is 10.1. The molecule has 0 radical (unpaired) electrons. The Labute approximate surface area is 121 Å². The van der Waals surface area contributed by atoms with Gasteiger partial charge < -0.3 is 15.7 Å². The lowest BCUT2D eigenvalue weighted by Gasteiger charge is -2.08. The number of para-hydroxylation sites is 1. The summed E-state index contributed by atoms with van der Waals surface area (Å²) in [7, 11) is 0. The Morgan fingerprint density at radius 3 is 2.62 bits per heavy atom. The topological polar surface area (TPSA) is 122 Å². The van der Waals surface area contributed by atoms with Crippen LogP contribution in [0.4, 0.5) is 11.4 Å². The second-order valence-electron chi connectivity index (χ2n) is 4.29.